The largest absolute Gasteiger partial charge is 0.476 e. The van der Waals surface area contributed by atoms with E-state index in [1.165, 1.54) is 5.38 Å². The minimum atomic E-state index is -1.16. The van der Waals surface area contributed by atoms with Crippen molar-refractivity contribution in [2.75, 3.05) is 0 Å². The number of aromatic nitrogens is 1. The SMILES string of the molecule is CC(NC(=O)c1ccc(F)c(F)c1)c1nc(C(=O)O)cs1. The van der Waals surface area contributed by atoms with Crippen LogP contribution in [0.3, 0.4) is 0 Å². The van der Waals surface area contributed by atoms with Gasteiger partial charge in [-0.05, 0) is 25.1 Å². The van der Waals surface area contributed by atoms with Crippen LogP contribution in [0.5, 0.6) is 0 Å². The summed E-state index contributed by atoms with van der Waals surface area (Å²) < 4.78 is 25.9. The molecule has 0 aliphatic rings. The molecule has 1 aromatic carbocycles. The maximum absolute atomic E-state index is 13.1. The molecule has 1 unspecified atom stereocenters. The maximum atomic E-state index is 13.1. The summed E-state index contributed by atoms with van der Waals surface area (Å²) in [5, 5.41) is 13.1. The van der Waals surface area contributed by atoms with E-state index in [-0.39, 0.29) is 11.3 Å². The highest BCUT2D eigenvalue weighted by atomic mass is 32.1. The molecule has 110 valence electrons. The van der Waals surface area contributed by atoms with E-state index in [9.17, 15) is 18.4 Å². The molecule has 1 atom stereocenters. The van der Waals surface area contributed by atoms with E-state index in [0.29, 0.717) is 5.01 Å². The van der Waals surface area contributed by atoms with E-state index >= 15 is 0 Å². The smallest absolute Gasteiger partial charge is 0.355 e. The molecule has 0 bridgehead atoms. The van der Waals surface area contributed by atoms with E-state index in [2.05, 4.69) is 10.3 Å². The first-order valence-corrected chi connectivity index (χ1v) is 6.71. The highest BCUT2D eigenvalue weighted by molar-refractivity contribution is 7.09. The van der Waals surface area contributed by atoms with Crippen molar-refractivity contribution in [1.29, 1.82) is 0 Å². The van der Waals surface area contributed by atoms with Crippen LogP contribution in [0, 0.1) is 11.6 Å². The number of aromatic carboxylic acids is 1. The number of thiazole rings is 1. The monoisotopic (exact) mass is 312 g/mol. The fourth-order valence-corrected chi connectivity index (χ4v) is 2.36. The van der Waals surface area contributed by atoms with Crippen LogP contribution in [-0.2, 0) is 0 Å². The molecule has 2 rings (SSSR count). The van der Waals surface area contributed by atoms with Gasteiger partial charge in [-0.25, -0.2) is 18.6 Å². The number of hydrogen-bond acceptors (Lipinski definition) is 4. The van der Waals surface area contributed by atoms with E-state index in [4.69, 9.17) is 5.11 Å². The van der Waals surface area contributed by atoms with Gasteiger partial charge < -0.3 is 10.4 Å². The molecule has 1 aromatic heterocycles. The molecule has 2 aromatic rings. The van der Waals surface area contributed by atoms with Gasteiger partial charge in [0.25, 0.3) is 5.91 Å². The Labute approximate surface area is 122 Å². The van der Waals surface area contributed by atoms with Gasteiger partial charge in [-0.3, -0.25) is 4.79 Å². The molecule has 0 fully saturated rings. The summed E-state index contributed by atoms with van der Waals surface area (Å²) in [7, 11) is 0. The van der Waals surface area contributed by atoms with Crippen molar-refractivity contribution >= 4 is 23.2 Å². The van der Waals surface area contributed by atoms with Gasteiger partial charge in [0.05, 0.1) is 6.04 Å². The normalized spacial score (nSPS) is 12.0. The summed E-state index contributed by atoms with van der Waals surface area (Å²) in [4.78, 5) is 26.5. The minimum Gasteiger partial charge on any atom is -0.476 e. The first-order chi connectivity index (χ1) is 9.88. The molecule has 2 N–H and O–H groups in total. The number of nitrogens with zero attached hydrogens (tertiary/aromatic N) is 1. The Bertz CT molecular complexity index is 702. The predicted octanol–water partition coefficient (Wildman–Crippen LogP) is 2.61. The van der Waals surface area contributed by atoms with Crippen molar-refractivity contribution in [3.8, 4) is 0 Å². The number of carbonyl (C=O) groups excluding carboxylic acids is 1. The molecular weight excluding hydrogens is 302 g/mol. The van der Waals surface area contributed by atoms with Crippen molar-refractivity contribution in [1.82, 2.24) is 10.3 Å². The molecule has 8 heteroatoms. The Hall–Kier alpha value is -2.35. The summed E-state index contributed by atoms with van der Waals surface area (Å²) in [5.41, 5.74) is -0.139. The van der Waals surface area contributed by atoms with Gasteiger partial charge in [-0.1, -0.05) is 0 Å². The summed E-state index contributed by atoms with van der Waals surface area (Å²) in [5.74, 6) is -3.91. The first-order valence-electron chi connectivity index (χ1n) is 5.83. The van der Waals surface area contributed by atoms with Crippen LogP contribution in [0.15, 0.2) is 23.6 Å². The molecule has 0 spiro atoms. The number of halogens is 2. The average molecular weight is 312 g/mol. The van der Waals surface area contributed by atoms with Gasteiger partial charge in [-0.2, -0.15) is 0 Å². The van der Waals surface area contributed by atoms with Crippen LogP contribution in [0.2, 0.25) is 0 Å². The summed E-state index contributed by atoms with van der Waals surface area (Å²) >= 11 is 1.09. The second-order valence-electron chi connectivity index (χ2n) is 4.20. The summed E-state index contributed by atoms with van der Waals surface area (Å²) in [6, 6.07) is 2.26. The van der Waals surface area contributed by atoms with Crippen LogP contribution in [0.25, 0.3) is 0 Å². The zero-order valence-corrected chi connectivity index (χ0v) is 11.6. The molecule has 5 nitrogen and oxygen atoms in total. The summed E-state index contributed by atoms with van der Waals surface area (Å²) in [6.07, 6.45) is 0. The first kappa shape index (κ1) is 15.0. The van der Waals surface area contributed by atoms with Crippen LogP contribution < -0.4 is 5.32 Å². The Balaban J connectivity index is 2.10. The second-order valence-corrected chi connectivity index (χ2v) is 5.09. The van der Waals surface area contributed by atoms with E-state index in [1.807, 2.05) is 0 Å². The lowest BCUT2D eigenvalue weighted by atomic mass is 10.2. The topological polar surface area (TPSA) is 79.3 Å². The Morgan fingerprint density at radius 2 is 2.05 bits per heavy atom. The standard InChI is InChI=1S/C13H10F2N2O3S/c1-6(12-17-10(5-21-12)13(19)20)16-11(18)7-2-3-8(14)9(15)4-7/h2-6H,1H3,(H,16,18)(H,19,20). The second kappa shape index (κ2) is 5.96. The lowest BCUT2D eigenvalue weighted by Crippen LogP contribution is -2.26. The molecular formula is C13H10F2N2O3S. The highest BCUT2D eigenvalue weighted by Crippen LogP contribution is 2.19. The highest BCUT2D eigenvalue weighted by Gasteiger charge is 2.17. The number of amides is 1. The molecule has 1 amide bonds. The van der Waals surface area contributed by atoms with Crippen LogP contribution >= 0.6 is 11.3 Å². The van der Waals surface area contributed by atoms with E-state index < -0.39 is 29.6 Å². The third-order valence-corrected chi connectivity index (χ3v) is 3.67. The number of hydrogen-bond donors (Lipinski definition) is 2. The predicted molar refractivity (Wildman–Crippen MR) is 71.3 cm³/mol. The zero-order valence-electron chi connectivity index (χ0n) is 10.8. The van der Waals surface area contributed by atoms with Gasteiger partial charge in [0.2, 0.25) is 0 Å². The molecule has 1 heterocycles. The van der Waals surface area contributed by atoms with Gasteiger partial charge in [0, 0.05) is 10.9 Å². The lowest BCUT2D eigenvalue weighted by molar-refractivity contribution is 0.0691. The Morgan fingerprint density at radius 3 is 2.62 bits per heavy atom. The molecule has 0 radical (unpaired) electrons. The van der Waals surface area contributed by atoms with Crippen molar-refractivity contribution in [3.63, 3.8) is 0 Å². The van der Waals surface area contributed by atoms with Gasteiger partial charge in [0.1, 0.15) is 5.01 Å². The average Bonchev–Trinajstić information content (AvgIpc) is 2.91. The Morgan fingerprint density at radius 1 is 1.33 bits per heavy atom. The maximum Gasteiger partial charge on any atom is 0.355 e. The van der Waals surface area contributed by atoms with Crippen molar-refractivity contribution < 1.29 is 23.5 Å². The van der Waals surface area contributed by atoms with Crippen LogP contribution in [0.4, 0.5) is 8.78 Å². The van der Waals surface area contributed by atoms with Crippen molar-refractivity contribution in [2.24, 2.45) is 0 Å². The fourth-order valence-electron chi connectivity index (χ4n) is 1.56. The van der Waals surface area contributed by atoms with Gasteiger partial charge in [-0.15, -0.1) is 11.3 Å². The quantitative estimate of drug-likeness (QED) is 0.909. The van der Waals surface area contributed by atoms with E-state index in [0.717, 1.165) is 29.5 Å². The molecule has 0 aliphatic carbocycles. The Kier molecular flexibility index (Phi) is 4.27. The summed E-state index contributed by atoms with van der Waals surface area (Å²) in [6.45, 7) is 1.61. The minimum absolute atomic E-state index is 0.0317. The third kappa shape index (κ3) is 3.40. The number of nitrogens with one attached hydrogen (secondary N) is 1. The van der Waals surface area contributed by atoms with Crippen LogP contribution in [-0.4, -0.2) is 22.0 Å². The van der Waals surface area contributed by atoms with Crippen LogP contribution in [0.1, 0.15) is 38.8 Å². The third-order valence-electron chi connectivity index (χ3n) is 2.64. The molecule has 0 saturated carbocycles. The fraction of sp³-hybridized carbons (Fsp3) is 0.154. The number of rotatable bonds is 4. The number of carbonyl (C=O) groups is 2. The van der Waals surface area contributed by atoms with Crippen molar-refractivity contribution in [2.45, 2.75) is 13.0 Å². The number of carboxylic acids is 1. The van der Waals surface area contributed by atoms with E-state index in [1.54, 1.807) is 6.92 Å². The lowest BCUT2D eigenvalue weighted by Gasteiger charge is -2.11. The van der Waals surface area contributed by atoms with Gasteiger partial charge >= 0.3 is 5.97 Å². The zero-order chi connectivity index (χ0) is 15.6. The molecule has 21 heavy (non-hydrogen) atoms. The van der Waals surface area contributed by atoms with Gasteiger partial charge in [0.15, 0.2) is 17.3 Å². The number of benzene rings is 1. The van der Waals surface area contributed by atoms with Crippen molar-refractivity contribution in [3.05, 3.63) is 51.5 Å². The number of carboxylic acid groups (broad SMARTS) is 1. The molecule has 0 aliphatic heterocycles. The molecule has 0 saturated heterocycles.